The van der Waals surface area contributed by atoms with Crippen molar-refractivity contribution in [3.63, 3.8) is 0 Å². The summed E-state index contributed by atoms with van der Waals surface area (Å²) in [6, 6.07) is 14.6. The molecule has 4 heteroatoms. The maximum Gasteiger partial charge on any atom is 0.111 e. The summed E-state index contributed by atoms with van der Waals surface area (Å²) in [6.45, 7) is 8.22. The van der Waals surface area contributed by atoms with Crippen LogP contribution in [-0.4, -0.2) is 0 Å². The highest BCUT2D eigenvalue weighted by atomic mass is 16.3. The van der Waals surface area contributed by atoms with Crippen molar-refractivity contribution in [2.24, 2.45) is 10.4 Å². The lowest BCUT2D eigenvalue weighted by Gasteiger charge is -2.43. The van der Waals surface area contributed by atoms with E-state index in [1.165, 1.54) is 0 Å². The Hall–Kier alpha value is -2.36. The molecule has 0 atom stereocenters. The van der Waals surface area contributed by atoms with Crippen LogP contribution >= 0.6 is 0 Å². The van der Waals surface area contributed by atoms with Gasteiger partial charge in [-0.25, -0.2) is 0 Å². The second-order valence-corrected chi connectivity index (χ2v) is 6.47. The lowest BCUT2D eigenvalue weighted by molar-refractivity contribution is 0.304. The van der Waals surface area contributed by atoms with Gasteiger partial charge < -0.3 is 0 Å². The second kappa shape index (κ2) is 5.79. The summed E-state index contributed by atoms with van der Waals surface area (Å²) in [5.74, 6) is 0. The zero-order valence-corrected chi connectivity index (χ0v) is 13.3. The summed E-state index contributed by atoms with van der Waals surface area (Å²) in [7, 11) is 0. The van der Waals surface area contributed by atoms with Crippen LogP contribution in [0.25, 0.3) is 0 Å². The van der Waals surface area contributed by atoms with Gasteiger partial charge in [0.25, 0.3) is 0 Å². The number of hydrogen-bond donors (Lipinski definition) is 0. The topological polar surface area (TPSA) is 58.9 Å². The normalized spacial score (nSPS) is 12.0. The first-order valence-corrected chi connectivity index (χ1v) is 7.22. The molecule has 114 valence electrons. The van der Waals surface area contributed by atoms with E-state index >= 15 is 0 Å². The van der Waals surface area contributed by atoms with E-state index in [4.69, 9.17) is 0 Å². The summed E-state index contributed by atoms with van der Waals surface area (Å²) in [6.07, 6.45) is 0. The van der Waals surface area contributed by atoms with Crippen molar-refractivity contribution in [2.75, 3.05) is 0 Å². The summed E-state index contributed by atoms with van der Waals surface area (Å²) in [5, 5.41) is 6.30. The SMILES string of the molecule is CC(C)(c1ccccc1N=O)C(C)(C)c1ccccc1N=O. The lowest BCUT2D eigenvalue weighted by atomic mass is 9.60. The Kier molecular flexibility index (Phi) is 4.22. The third-order valence-corrected chi connectivity index (χ3v) is 4.91. The molecular weight excluding hydrogens is 276 g/mol. The van der Waals surface area contributed by atoms with E-state index in [2.05, 4.69) is 38.0 Å². The molecule has 0 radical (unpaired) electrons. The molecule has 0 aromatic heterocycles. The zero-order valence-electron chi connectivity index (χ0n) is 13.3. The number of nitroso groups, excluding NO2 is 2. The Bertz CT molecular complexity index is 644. The van der Waals surface area contributed by atoms with Gasteiger partial charge in [-0.3, -0.25) is 0 Å². The third kappa shape index (κ3) is 2.45. The fourth-order valence-corrected chi connectivity index (χ4v) is 2.84. The van der Waals surface area contributed by atoms with Crippen LogP contribution in [0.3, 0.4) is 0 Å². The number of rotatable bonds is 5. The molecule has 0 heterocycles. The van der Waals surface area contributed by atoms with Gasteiger partial charge in [0, 0.05) is 10.8 Å². The first-order chi connectivity index (χ1) is 10.4. The molecule has 0 saturated heterocycles. The third-order valence-electron chi connectivity index (χ3n) is 4.91. The average molecular weight is 296 g/mol. The van der Waals surface area contributed by atoms with Crippen LogP contribution in [0.15, 0.2) is 58.9 Å². The van der Waals surface area contributed by atoms with Crippen LogP contribution in [0, 0.1) is 9.81 Å². The number of benzene rings is 2. The van der Waals surface area contributed by atoms with Crippen molar-refractivity contribution in [3.05, 3.63) is 69.5 Å². The summed E-state index contributed by atoms with van der Waals surface area (Å²) in [5.41, 5.74) is 1.73. The smallest absolute Gasteiger partial charge is 0.111 e. The fraction of sp³-hybridized carbons (Fsp3) is 0.333. The summed E-state index contributed by atoms with van der Waals surface area (Å²) >= 11 is 0. The maximum atomic E-state index is 11.1. The van der Waals surface area contributed by atoms with E-state index < -0.39 is 10.8 Å². The van der Waals surface area contributed by atoms with Gasteiger partial charge in [-0.1, -0.05) is 64.1 Å². The van der Waals surface area contributed by atoms with E-state index in [-0.39, 0.29) is 0 Å². The van der Waals surface area contributed by atoms with Gasteiger partial charge in [0.05, 0.1) is 0 Å². The van der Waals surface area contributed by atoms with Crippen molar-refractivity contribution in [1.82, 2.24) is 0 Å². The Morgan fingerprint density at radius 3 is 1.27 bits per heavy atom. The van der Waals surface area contributed by atoms with Gasteiger partial charge in [0.2, 0.25) is 0 Å². The zero-order chi connectivity index (χ0) is 16.4. The summed E-state index contributed by atoms with van der Waals surface area (Å²) < 4.78 is 0. The monoisotopic (exact) mass is 296 g/mol. The summed E-state index contributed by atoms with van der Waals surface area (Å²) in [4.78, 5) is 22.3. The van der Waals surface area contributed by atoms with Gasteiger partial charge in [-0.2, -0.15) is 0 Å². The molecule has 2 rings (SSSR count). The van der Waals surface area contributed by atoms with Crippen LogP contribution in [0.2, 0.25) is 0 Å². The standard InChI is InChI=1S/C18H20N2O2/c1-17(2,13-9-5-7-11-15(13)19-21)18(3,4)14-10-6-8-12-16(14)20-22/h5-12H,1-4H3. The first-order valence-electron chi connectivity index (χ1n) is 7.22. The van der Waals surface area contributed by atoms with Gasteiger partial charge in [0.15, 0.2) is 0 Å². The van der Waals surface area contributed by atoms with Crippen molar-refractivity contribution in [1.29, 1.82) is 0 Å². The van der Waals surface area contributed by atoms with E-state index in [0.717, 1.165) is 11.1 Å². The second-order valence-electron chi connectivity index (χ2n) is 6.47. The van der Waals surface area contributed by atoms with Crippen molar-refractivity contribution < 1.29 is 0 Å². The number of hydrogen-bond acceptors (Lipinski definition) is 4. The molecule has 0 fully saturated rings. The van der Waals surface area contributed by atoms with Gasteiger partial charge in [0.1, 0.15) is 11.4 Å². The van der Waals surface area contributed by atoms with Crippen LogP contribution in [-0.2, 0) is 10.8 Å². The largest absolute Gasteiger partial charge is 0.145 e. The minimum Gasteiger partial charge on any atom is -0.145 e. The maximum absolute atomic E-state index is 11.1. The molecule has 0 amide bonds. The Balaban J connectivity index is 2.65. The average Bonchev–Trinajstić information content (AvgIpc) is 2.54. The first kappa shape index (κ1) is 16.0. The van der Waals surface area contributed by atoms with E-state index in [0.29, 0.717) is 11.4 Å². The fourth-order valence-electron chi connectivity index (χ4n) is 2.84. The molecule has 22 heavy (non-hydrogen) atoms. The minimum absolute atomic E-state index is 0.418. The molecule has 0 unspecified atom stereocenters. The molecule has 2 aromatic rings. The van der Waals surface area contributed by atoms with Gasteiger partial charge in [-0.15, -0.1) is 9.81 Å². The molecule has 0 aliphatic rings. The molecule has 0 aliphatic carbocycles. The molecule has 2 aromatic carbocycles. The predicted octanol–water partition coefficient (Wildman–Crippen LogP) is 5.74. The Labute approximate surface area is 130 Å². The molecule has 0 saturated carbocycles. The molecule has 0 spiro atoms. The number of nitrogens with zero attached hydrogens (tertiary/aromatic N) is 2. The molecule has 4 nitrogen and oxygen atoms in total. The van der Waals surface area contributed by atoms with Crippen molar-refractivity contribution in [3.8, 4) is 0 Å². The van der Waals surface area contributed by atoms with Gasteiger partial charge >= 0.3 is 0 Å². The van der Waals surface area contributed by atoms with Crippen LogP contribution < -0.4 is 0 Å². The van der Waals surface area contributed by atoms with Crippen LogP contribution in [0.1, 0.15) is 38.8 Å². The highest BCUT2D eigenvalue weighted by molar-refractivity contribution is 5.56. The van der Waals surface area contributed by atoms with E-state index in [1.807, 2.05) is 24.3 Å². The van der Waals surface area contributed by atoms with Crippen LogP contribution in [0.4, 0.5) is 11.4 Å². The van der Waals surface area contributed by atoms with Crippen molar-refractivity contribution in [2.45, 2.75) is 38.5 Å². The molecule has 0 aliphatic heterocycles. The highest BCUT2D eigenvalue weighted by Gasteiger charge is 2.42. The van der Waals surface area contributed by atoms with Crippen LogP contribution in [0.5, 0.6) is 0 Å². The lowest BCUT2D eigenvalue weighted by Crippen LogP contribution is -2.40. The minimum atomic E-state index is -0.418. The molecule has 0 bridgehead atoms. The van der Waals surface area contributed by atoms with E-state index in [9.17, 15) is 9.81 Å². The van der Waals surface area contributed by atoms with Gasteiger partial charge in [-0.05, 0) is 33.6 Å². The Morgan fingerprint density at radius 2 is 0.955 bits per heavy atom. The Morgan fingerprint density at radius 1 is 0.636 bits per heavy atom. The molecule has 0 N–H and O–H groups in total. The predicted molar refractivity (Wildman–Crippen MR) is 89.8 cm³/mol. The van der Waals surface area contributed by atoms with Crippen molar-refractivity contribution >= 4 is 11.4 Å². The quantitative estimate of drug-likeness (QED) is 0.661. The van der Waals surface area contributed by atoms with E-state index in [1.54, 1.807) is 24.3 Å². The highest BCUT2D eigenvalue weighted by Crippen LogP contribution is 2.48. The molecular formula is C18H20N2O2.